The second-order valence-electron chi connectivity index (χ2n) is 4.99. The van der Waals surface area contributed by atoms with Gasteiger partial charge in [0.15, 0.2) is 0 Å². The highest BCUT2D eigenvalue weighted by atomic mass is 16.6. The Hall–Kier alpha value is -3.19. The van der Waals surface area contributed by atoms with Gasteiger partial charge >= 0.3 is 0 Å². The molecule has 4 heteroatoms. The van der Waals surface area contributed by atoms with Crippen molar-refractivity contribution in [3.05, 3.63) is 64.2 Å². The maximum absolute atomic E-state index is 11.2. The Bertz CT molecular complexity index is 1080. The van der Waals surface area contributed by atoms with Crippen molar-refractivity contribution in [2.24, 2.45) is 0 Å². The predicted molar refractivity (Wildman–Crippen MR) is 81.5 cm³/mol. The molecule has 0 aliphatic heterocycles. The van der Waals surface area contributed by atoms with E-state index in [1.807, 2.05) is 18.2 Å². The fourth-order valence-electron chi connectivity index (χ4n) is 3.04. The third-order valence-electron chi connectivity index (χ3n) is 3.96. The van der Waals surface area contributed by atoms with E-state index in [4.69, 9.17) is 0 Å². The zero-order valence-corrected chi connectivity index (χ0v) is 10.8. The molecule has 0 spiro atoms. The van der Waals surface area contributed by atoms with E-state index in [0.29, 0.717) is 10.9 Å². The summed E-state index contributed by atoms with van der Waals surface area (Å²) in [5.41, 5.74) is 0.683. The van der Waals surface area contributed by atoms with Crippen LogP contribution in [0.4, 0.5) is 5.69 Å². The molecule has 0 atom stereocenters. The molecular weight excluding hydrogens is 264 g/mol. The number of benzene rings is 4. The van der Waals surface area contributed by atoms with E-state index in [9.17, 15) is 15.4 Å². The highest BCUT2D eigenvalue weighted by Crippen LogP contribution is 2.39. The topological polar surface area (TPSA) is 66.9 Å². The molecule has 0 bridgehead atoms. The van der Waals surface area contributed by atoms with Gasteiger partial charge in [0.05, 0.1) is 21.9 Å². The number of nitrogens with zero attached hydrogens (tertiary/aromatic N) is 2. The van der Waals surface area contributed by atoms with Crippen molar-refractivity contribution >= 4 is 38.0 Å². The van der Waals surface area contributed by atoms with Crippen LogP contribution in [0, 0.1) is 21.4 Å². The van der Waals surface area contributed by atoms with Crippen molar-refractivity contribution in [3.63, 3.8) is 0 Å². The zero-order chi connectivity index (χ0) is 14.6. The number of nitriles is 1. The van der Waals surface area contributed by atoms with E-state index in [-0.39, 0.29) is 10.6 Å². The lowest BCUT2D eigenvalue weighted by atomic mass is 9.91. The van der Waals surface area contributed by atoms with Crippen LogP contribution in [0.1, 0.15) is 5.56 Å². The van der Waals surface area contributed by atoms with E-state index in [2.05, 4.69) is 6.07 Å². The monoisotopic (exact) mass is 272 g/mol. The first kappa shape index (κ1) is 11.6. The van der Waals surface area contributed by atoms with Crippen LogP contribution in [0.5, 0.6) is 0 Å². The molecule has 21 heavy (non-hydrogen) atoms. The summed E-state index contributed by atoms with van der Waals surface area (Å²) < 4.78 is 0. The summed E-state index contributed by atoms with van der Waals surface area (Å²) in [7, 11) is 0. The average molecular weight is 272 g/mol. The molecule has 0 saturated carbocycles. The van der Waals surface area contributed by atoms with Crippen LogP contribution in [0.2, 0.25) is 0 Å². The third-order valence-corrected chi connectivity index (χ3v) is 3.96. The van der Waals surface area contributed by atoms with Gasteiger partial charge in [-0.1, -0.05) is 24.3 Å². The lowest BCUT2D eigenvalue weighted by molar-refractivity contribution is -0.383. The van der Waals surface area contributed by atoms with Gasteiger partial charge in [0, 0.05) is 16.8 Å². The van der Waals surface area contributed by atoms with Crippen molar-refractivity contribution in [1.29, 1.82) is 5.26 Å². The minimum atomic E-state index is -0.364. The molecule has 0 heterocycles. The summed E-state index contributed by atoms with van der Waals surface area (Å²) in [5, 5.41) is 25.7. The van der Waals surface area contributed by atoms with E-state index in [1.54, 1.807) is 24.3 Å². The Balaban J connectivity index is 2.37. The van der Waals surface area contributed by atoms with Gasteiger partial charge in [-0.05, 0) is 34.4 Å². The molecule has 0 radical (unpaired) electrons. The van der Waals surface area contributed by atoms with Crippen LogP contribution in [-0.2, 0) is 0 Å². The van der Waals surface area contributed by atoms with Crippen molar-refractivity contribution in [3.8, 4) is 6.07 Å². The minimum Gasteiger partial charge on any atom is -0.258 e. The van der Waals surface area contributed by atoms with Crippen LogP contribution < -0.4 is 0 Å². The Labute approximate surface area is 119 Å². The fourth-order valence-corrected chi connectivity index (χ4v) is 3.04. The van der Waals surface area contributed by atoms with Crippen LogP contribution in [0.25, 0.3) is 32.3 Å². The number of nitro groups is 1. The largest absolute Gasteiger partial charge is 0.277 e. The number of hydrogen-bond donors (Lipinski definition) is 0. The highest BCUT2D eigenvalue weighted by molar-refractivity contribution is 6.25. The second-order valence-corrected chi connectivity index (χ2v) is 4.99. The molecular formula is C17H8N2O2. The van der Waals surface area contributed by atoms with Crippen LogP contribution in [-0.4, -0.2) is 4.92 Å². The molecule has 0 aliphatic carbocycles. The predicted octanol–water partition coefficient (Wildman–Crippen LogP) is 4.36. The lowest BCUT2D eigenvalue weighted by Gasteiger charge is -2.11. The first-order valence-electron chi connectivity index (χ1n) is 6.46. The summed E-state index contributed by atoms with van der Waals surface area (Å²) in [5.74, 6) is 0. The molecule has 0 amide bonds. The summed E-state index contributed by atoms with van der Waals surface area (Å²) in [4.78, 5) is 10.9. The fraction of sp³-hybridized carbons (Fsp3) is 0. The summed E-state index contributed by atoms with van der Waals surface area (Å²) in [6.45, 7) is 0. The Morgan fingerprint density at radius 1 is 0.857 bits per heavy atom. The second kappa shape index (κ2) is 3.90. The summed E-state index contributed by atoms with van der Waals surface area (Å²) in [6, 6.07) is 16.6. The first-order chi connectivity index (χ1) is 10.2. The molecule has 4 aromatic carbocycles. The SMILES string of the molecule is N#Cc1ccc2ccc3ccc([N+](=O)[O-])c4ccc1c2c34. The molecule has 4 nitrogen and oxygen atoms in total. The van der Waals surface area contributed by atoms with Crippen LogP contribution >= 0.6 is 0 Å². The summed E-state index contributed by atoms with van der Waals surface area (Å²) in [6.07, 6.45) is 0. The van der Waals surface area contributed by atoms with E-state index >= 15 is 0 Å². The lowest BCUT2D eigenvalue weighted by Crippen LogP contribution is -1.92. The van der Waals surface area contributed by atoms with Gasteiger partial charge in [-0.3, -0.25) is 10.1 Å². The smallest absolute Gasteiger partial charge is 0.258 e. The molecule has 0 aromatic heterocycles. The Morgan fingerprint density at radius 3 is 2.10 bits per heavy atom. The third kappa shape index (κ3) is 1.43. The molecule has 98 valence electrons. The van der Waals surface area contributed by atoms with Crippen molar-refractivity contribution in [1.82, 2.24) is 0 Å². The van der Waals surface area contributed by atoms with Gasteiger partial charge in [-0.15, -0.1) is 0 Å². The van der Waals surface area contributed by atoms with Gasteiger partial charge in [-0.2, -0.15) is 5.26 Å². The van der Waals surface area contributed by atoms with E-state index < -0.39 is 0 Å². The average Bonchev–Trinajstić information content (AvgIpc) is 2.51. The van der Waals surface area contributed by atoms with Gasteiger partial charge < -0.3 is 0 Å². The summed E-state index contributed by atoms with van der Waals surface area (Å²) >= 11 is 0. The molecule has 0 saturated heterocycles. The number of rotatable bonds is 1. The van der Waals surface area contributed by atoms with E-state index in [0.717, 1.165) is 26.9 Å². The Morgan fingerprint density at radius 2 is 1.43 bits per heavy atom. The molecule has 4 rings (SSSR count). The first-order valence-corrected chi connectivity index (χ1v) is 6.46. The van der Waals surface area contributed by atoms with Gasteiger partial charge in [-0.25, -0.2) is 0 Å². The van der Waals surface area contributed by atoms with E-state index in [1.165, 1.54) is 6.07 Å². The Kier molecular flexibility index (Phi) is 2.16. The quantitative estimate of drug-likeness (QED) is 0.293. The molecule has 0 aliphatic rings. The standard InChI is InChI=1S/C17H8N2O2/c18-9-12-4-3-10-1-2-11-5-8-15(19(20)21)14-7-6-13(12)16(10)17(11)14/h1-8H. The minimum absolute atomic E-state index is 0.0965. The van der Waals surface area contributed by atoms with Gasteiger partial charge in [0.2, 0.25) is 0 Å². The van der Waals surface area contributed by atoms with Gasteiger partial charge in [0.1, 0.15) is 0 Å². The van der Waals surface area contributed by atoms with Crippen LogP contribution in [0.3, 0.4) is 0 Å². The molecule has 0 unspecified atom stereocenters. The maximum Gasteiger partial charge on any atom is 0.277 e. The zero-order valence-electron chi connectivity index (χ0n) is 10.8. The highest BCUT2D eigenvalue weighted by Gasteiger charge is 2.17. The van der Waals surface area contributed by atoms with Crippen molar-refractivity contribution < 1.29 is 4.92 Å². The molecule has 0 fully saturated rings. The number of hydrogen-bond acceptors (Lipinski definition) is 3. The maximum atomic E-state index is 11.2. The molecule has 4 aromatic rings. The number of nitro benzene ring substituents is 1. The number of non-ortho nitro benzene ring substituents is 1. The van der Waals surface area contributed by atoms with Crippen molar-refractivity contribution in [2.75, 3.05) is 0 Å². The normalized spacial score (nSPS) is 11.2. The molecule has 0 N–H and O–H groups in total. The van der Waals surface area contributed by atoms with Crippen molar-refractivity contribution in [2.45, 2.75) is 0 Å². The van der Waals surface area contributed by atoms with Crippen LogP contribution in [0.15, 0.2) is 48.5 Å². The van der Waals surface area contributed by atoms with Gasteiger partial charge in [0.25, 0.3) is 5.69 Å².